The van der Waals surface area contributed by atoms with Crippen LogP contribution in [-0.4, -0.2) is 24.8 Å². The van der Waals surface area contributed by atoms with Crippen LogP contribution in [0.3, 0.4) is 0 Å². The second-order valence-corrected chi connectivity index (χ2v) is 7.86. The van der Waals surface area contributed by atoms with E-state index >= 15 is 0 Å². The number of allylic oxidation sites excluding steroid dienone is 2. The number of ether oxygens (including phenoxy) is 2. The lowest BCUT2D eigenvalue weighted by Crippen LogP contribution is -2.31. The smallest absolute Gasteiger partial charge is 0.325 e. The summed E-state index contributed by atoms with van der Waals surface area (Å²) in [6.45, 7) is 6.79. The lowest BCUT2D eigenvalue weighted by Gasteiger charge is -2.31. The van der Waals surface area contributed by atoms with E-state index in [0.717, 1.165) is 41.4 Å². The molecule has 1 aliphatic rings. The molecule has 2 aromatic rings. The number of hydrogen-bond donors (Lipinski definition) is 1. The summed E-state index contributed by atoms with van der Waals surface area (Å²) in [7, 11) is 0. The van der Waals surface area contributed by atoms with E-state index < -0.39 is 0 Å². The SMILES string of the molecule is CCOC(=O)CNC1=C/C(=N/c2ccc(Oc3ccccc3)cc2)CC(C)(C)C1. The normalized spacial score (nSPS) is 16.8. The molecule has 0 aromatic heterocycles. The molecule has 0 fully saturated rings. The lowest BCUT2D eigenvalue weighted by atomic mass is 9.78. The van der Waals surface area contributed by atoms with Crippen molar-refractivity contribution in [2.45, 2.75) is 33.6 Å². The molecule has 5 nitrogen and oxygen atoms in total. The molecule has 5 heteroatoms. The average Bonchev–Trinajstić information content (AvgIpc) is 2.68. The largest absolute Gasteiger partial charge is 0.465 e. The van der Waals surface area contributed by atoms with Crippen LogP contribution in [0.2, 0.25) is 0 Å². The van der Waals surface area contributed by atoms with Crippen LogP contribution in [-0.2, 0) is 9.53 Å². The molecule has 1 aliphatic carbocycles. The van der Waals surface area contributed by atoms with Crippen molar-refractivity contribution < 1.29 is 14.3 Å². The third-order valence-electron chi connectivity index (χ3n) is 4.52. The minimum absolute atomic E-state index is 0.0704. The number of para-hydroxylation sites is 1. The lowest BCUT2D eigenvalue weighted by molar-refractivity contribution is -0.141. The molecule has 3 rings (SSSR count). The first-order valence-corrected chi connectivity index (χ1v) is 9.94. The summed E-state index contributed by atoms with van der Waals surface area (Å²) in [5.41, 5.74) is 2.95. The first-order chi connectivity index (χ1) is 13.9. The Bertz CT molecular complexity index is 884. The number of esters is 1. The Morgan fingerprint density at radius 1 is 1.03 bits per heavy atom. The van der Waals surface area contributed by atoms with E-state index in [1.807, 2.05) is 67.6 Å². The highest BCUT2D eigenvalue weighted by molar-refractivity contribution is 5.98. The average molecular weight is 392 g/mol. The van der Waals surface area contributed by atoms with Gasteiger partial charge in [-0.05, 0) is 67.7 Å². The van der Waals surface area contributed by atoms with Crippen LogP contribution in [0.1, 0.15) is 33.6 Å². The van der Waals surface area contributed by atoms with E-state index in [-0.39, 0.29) is 17.9 Å². The highest BCUT2D eigenvalue weighted by Gasteiger charge is 2.26. The van der Waals surface area contributed by atoms with Gasteiger partial charge in [0.25, 0.3) is 0 Å². The fourth-order valence-corrected chi connectivity index (χ4v) is 3.33. The third-order valence-corrected chi connectivity index (χ3v) is 4.52. The van der Waals surface area contributed by atoms with Crippen molar-refractivity contribution >= 4 is 17.4 Å². The number of rotatable bonds is 7. The molecular formula is C24H28N2O3. The van der Waals surface area contributed by atoms with Gasteiger partial charge in [0, 0.05) is 11.4 Å². The van der Waals surface area contributed by atoms with Crippen LogP contribution < -0.4 is 10.1 Å². The molecule has 0 bridgehead atoms. The summed E-state index contributed by atoms with van der Waals surface area (Å²) in [4.78, 5) is 16.4. The quantitative estimate of drug-likeness (QED) is 0.640. The van der Waals surface area contributed by atoms with Gasteiger partial charge < -0.3 is 14.8 Å². The van der Waals surface area contributed by atoms with Gasteiger partial charge in [-0.15, -0.1) is 0 Å². The van der Waals surface area contributed by atoms with Crippen molar-refractivity contribution in [3.63, 3.8) is 0 Å². The molecule has 0 heterocycles. The first kappa shape index (κ1) is 20.6. The molecule has 0 spiro atoms. The molecule has 0 saturated carbocycles. The molecule has 1 N–H and O–H groups in total. The van der Waals surface area contributed by atoms with E-state index in [9.17, 15) is 4.79 Å². The highest BCUT2D eigenvalue weighted by atomic mass is 16.5. The molecule has 152 valence electrons. The number of carbonyl (C=O) groups is 1. The van der Waals surface area contributed by atoms with Gasteiger partial charge in [0.05, 0.1) is 12.3 Å². The van der Waals surface area contributed by atoms with Crippen LogP contribution in [0, 0.1) is 5.41 Å². The standard InChI is InChI=1S/C24H28N2O3/c1-4-28-23(27)17-25-19-14-20(16-24(2,3)15-19)26-18-10-12-22(13-11-18)29-21-8-6-5-7-9-21/h5-14,25H,4,15-17H2,1-3H3/b26-20-. The second kappa shape index (κ2) is 9.41. The summed E-state index contributed by atoms with van der Waals surface area (Å²) in [6.07, 6.45) is 3.79. The monoisotopic (exact) mass is 392 g/mol. The molecule has 0 aliphatic heterocycles. The van der Waals surface area contributed by atoms with E-state index in [0.29, 0.717) is 6.61 Å². The summed E-state index contributed by atoms with van der Waals surface area (Å²) >= 11 is 0. The van der Waals surface area contributed by atoms with Crippen molar-refractivity contribution in [3.05, 3.63) is 66.4 Å². The van der Waals surface area contributed by atoms with Crippen molar-refractivity contribution in [2.24, 2.45) is 10.4 Å². The highest BCUT2D eigenvalue weighted by Crippen LogP contribution is 2.34. The second-order valence-electron chi connectivity index (χ2n) is 7.86. The van der Waals surface area contributed by atoms with Gasteiger partial charge in [-0.1, -0.05) is 32.0 Å². The van der Waals surface area contributed by atoms with Gasteiger partial charge in [-0.25, -0.2) is 0 Å². The predicted molar refractivity (Wildman–Crippen MR) is 116 cm³/mol. The van der Waals surface area contributed by atoms with Crippen LogP contribution in [0.5, 0.6) is 11.5 Å². The van der Waals surface area contributed by atoms with E-state index in [1.54, 1.807) is 0 Å². The molecule has 0 radical (unpaired) electrons. The zero-order chi connectivity index (χ0) is 20.7. The summed E-state index contributed by atoms with van der Waals surface area (Å²) in [5.74, 6) is 1.33. The minimum atomic E-state index is -0.246. The fraction of sp³-hybridized carbons (Fsp3) is 0.333. The number of nitrogens with zero attached hydrogens (tertiary/aromatic N) is 1. The Hall–Kier alpha value is -3.08. The molecule has 29 heavy (non-hydrogen) atoms. The Kier molecular flexibility index (Phi) is 6.70. The molecule has 2 aromatic carbocycles. The molecule has 0 saturated heterocycles. The van der Waals surface area contributed by atoms with Crippen molar-refractivity contribution in [2.75, 3.05) is 13.2 Å². The third kappa shape index (κ3) is 6.49. The molecule has 0 amide bonds. The minimum Gasteiger partial charge on any atom is -0.465 e. The first-order valence-electron chi connectivity index (χ1n) is 9.94. The number of nitrogens with one attached hydrogen (secondary N) is 1. The van der Waals surface area contributed by atoms with Gasteiger partial charge in [-0.2, -0.15) is 0 Å². The van der Waals surface area contributed by atoms with Crippen LogP contribution in [0.4, 0.5) is 5.69 Å². The van der Waals surface area contributed by atoms with E-state index in [1.165, 1.54) is 0 Å². The Balaban J connectivity index is 1.70. The van der Waals surface area contributed by atoms with E-state index in [2.05, 4.69) is 19.2 Å². The summed E-state index contributed by atoms with van der Waals surface area (Å²) in [5, 5.41) is 3.20. The topological polar surface area (TPSA) is 59.9 Å². The molecular weight excluding hydrogens is 364 g/mol. The zero-order valence-corrected chi connectivity index (χ0v) is 17.3. The predicted octanol–water partition coefficient (Wildman–Crippen LogP) is 5.41. The van der Waals surface area contributed by atoms with Crippen molar-refractivity contribution in [1.29, 1.82) is 0 Å². The number of hydrogen-bond acceptors (Lipinski definition) is 5. The maximum absolute atomic E-state index is 11.6. The number of carbonyl (C=O) groups excluding carboxylic acids is 1. The van der Waals surface area contributed by atoms with Crippen LogP contribution in [0.25, 0.3) is 0 Å². The van der Waals surface area contributed by atoms with Gasteiger partial charge >= 0.3 is 5.97 Å². The number of aliphatic imine (C=N–C) groups is 1. The Morgan fingerprint density at radius 2 is 1.72 bits per heavy atom. The van der Waals surface area contributed by atoms with Crippen LogP contribution in [0.15, 0.2) is 71.4 Å². The summed E-state index contributed by atoms with van der Waals surface area (Å²) < 4.78 is 10.8. The molecule has 0 atom stereocenters. The summed E-state index contributed by atoms with van der Waals surface area (Å²) in [6, 6.07) is 17.4. The number of benzene rings is 2. The maximum Gasteiger partial charge on any atom is 0.325 e. The molecule has 0 unspecified atom stereocenters. The Labute approximate surface area is 172 Å². The van der Waals surface area contributed by atoms with Gasteiger partial charge in [0.1, 0.15) is 18.0 Å². The zero-order valence-electron chi connectivity index (χ0n) is 17.3. The van der Waals surface area contributed by atoms with Crippen molar-refractivity contribution in [3.8, 4) is 11.5 Å². The van der Waals surface area contributed by atoms with E-state index in [4.69, 9.17) is 14.5 Å². The van der Waals surface area contributed by atoms with Crippen LogP contribution >= 0.6 is 0 Å². The van der Waals surface area contributed by atoms with Gasteiger partial charge in [0.15, 0.2) is 0 Å². The van der Waals surface area contributed by atoms with Crippen molar-refractivity contribution in [1.82, 2.24) is 5.32 Å². The Morgan fingerprint density at radius 3 is 2.41 bits per heavy atom. The van der Waals surface area contributed by atoms with Gasteiger partial charge in [-0.3, -0.25) is 9.79 Å². The van der Waals surface area contributed by atoms with Gasteiger partial charge in [0.2, 0.25) is 0 Å². The maximum atomic E-state index is 11.6. The fourth-order valence-electron chi connectivity index (χ4n) is 3.33.